The molecule has 8 heteroatoms. The SMILES string of the molecule is COCCOCCS(=O)(=O)NCCCC(=O)O. The molecular formula is C9H19NO6S. The Labute approximate surface area is 101 Å². The lowest BCUT2D eigenvalue weighted by atomic mass is 10.3. The second-order valence-corrected chi connectivity index (χ2v) is 5.24. The lowest BCUT2D eigenvalue weighted by Gasteiger charge is -2.06. The molecule has 0 radical (unpaired) electrons. The molecule has 0 unspecified atom stereocenters. The number of sulfonamides is 1. The molecule has 0 aromatic heterocycles. The fraction of sp³-hybridized carbons (Fsp3) is 0.889. The Hall–Kier alpha value is -0.700. The van der Waals surface area contributed by atoms with Gasteiger partial charge in [0, 0.05) is 20.1 Å². The predicted octanol–water partition coefficient (Wildman–Crippen LogP) is -0.566. The molecule has 17 heavy (non-hydrogen) atoms. The summed E-state index contributed by atoms with van der Waals surface area (Å²) >= 11 is 0. The summed E-state index contributed by atoms with van der Waals surface area (Å²) in [4.78, 5) is 10.2. The summed E-state index contributed by atoms with van der Waals surface area (Å²) in [6.07, 6.45) is 0.228. The Kier molecular flexibility index (Phi) is 8.96. The Morgan fingerprint density at radius 3 is 2.59 bits per heavy atom. The van der Waals surface area contributed by atoms with Crippen molar-refractivity contribution in [2.75, 3.05) is 39.2 Å². The second kappa shape index (κ2) is 9.34. The molecule has 0 saturated heterocycles. The quantitative estimate of drug-likeness (QED) is 0.487. The first-order valence-corrected chi connectivity index (χ1v) is 6.89. The van der Waals surface area contributed by atoms with Gasteiger partial charge in [-0.3, -0.25) is 4.79 Å². The van der Waals surface area contributed by atoms with Crippen molar-refractivity contribution < 1.29 is 27.8 Å². The number of aliphatic carboxylic acids is 1. The molecule has 0 spiro atoms. The maximum Gasteiger partial charge on any atom is 0.303 e. The zero-order chi connectivity index (χ0) is 13.1. The number of carbonyl (C=O) groups is 1. The first-order chi connectivity index (χ1) is 7.98. The van der Waals surface area contributed by atoms with Gasteiger partial charge in [-0.25, -0.2) is 13.1 Å². The van der Waals surface area contributed by atoms with Gasteiger partial charge in [0.25, 0.3) is 0 Å². The van der Waals surface area contributed by atoms with Crippen LogP contribution in [0.5, 0.6) is 0 Å². The van der Waals surface area contributed by atoms with Crippen molar-refractivity contribution in [3.63, 3.8) is 0 Å². The van der Waals surface area contributed by atoms with E-state index in [-0.39, 0.29) is 31.7 Å². The van der Waals surface area contributed by atoms with Crippen molar-refractivity contribution in [2.24, 2.45) is 0 Å². The number of methoxy groups -OCH3 is 1. The van der Waals surface area contributed by atoms with Crippen LogP contribution in [-0.2, 0) is 24.3 Å². The minimum Gasteiger partial charge on any atom is -0.481 e. The summed E-state index contributed by atoms with van der Waals surface area (Å²) in [5, 5.41) is 8.36. The van der Waals surface area contributed by atoms with Gasteiger partial charge in [-0.15, -0.1) is 0 Å². The average molecular weight is 269 g/mol. The van der Waals surface area contributed by atoms with E-state index in [4.69, 9.17) is 14.6 Å². The third-order valence-electron chi connectivity index (χ3n) is 1.82. The minimum absolute atomic E-state index is 0.0488. The fourth-order valence-corrected chi connectivity index (χ4v) is 1.89. The third-order valence-corrected chi connectivity index (χ3v) is 3.17. The van der Waals surface area contributed by atoms with Gasteiger partial charge in [0.2, 0.25) is 10.0 Å². The molecule has 0 rings (SSSR count). The highest BCUT2D eigenvalue weighted by Gasteiger charge is 2.09. The molecule has 0 bridgehead atoms. The monoisotopic (exact) mass is 269 g/mol. The van der Waals surface area contributed by atoms with Crippen molar-refractivity contribution in [2.45, 2.75) is 12.8 Å². The van der Waals surface area contributed by atoms with Crippen LogP contribution in [0.3, 0.4) is 0 Å². The largest absolute Gasteiger partial charge is 0.481 e. The Bertz CT molecular complexity index is 303. The van der Waals surface area contributed by atoms with Gasteiger partial charge >= 0.3 is 5.97 Å². The van der Waals surface area contributed by atoms with E-state index in [1.54, 1.807) is 0 Å². The highest BCUT2D eigenvalue weighted by Crippen LogP contribution is 1.90. The molecular weight excluding hydrogens is 250 g/mol. The Morgan fingerprint density at radius 1 is 1.29 bits per heavy atom. The highest BCUT2D eigenvalue weighted by molar-refractivity contribution is 7.89. The highest BCUT2D eigenvalue weighted by atomic mass is 32.2. The van der Waals surface area contributed by atoms with Gasteiger partial charge in [0.15, 0.2) is 0 Å². The van der Waals surface area contributed by atoms with Crippen LogP contribution < -0.4 is 4.72 Å². The molecule has 2 N–H and O–H groups in total. The lowest BCUT2D eigenvalue weighted by Crippen LogP contribution is -2.29. The fourth-order valence-electron chi connectivity index (χ4n) is 0.952. The molecule has 0 atom stereocenters. The van der Waals surface area contributed by atoms with Crippen LogP contribution in [0.15, 0.2) is 0 Å². The number of nitrogens with one attached hydrogen (secondary N) is 1. The van der Waals surface area contributed by atoms with Crippen molar-refractivity contribution >= 4 is 16.0 Å². The number of ether oxygens (including phenoxy) is 2. The van der Waals surface area contributed by atoms with Crippen LogP contribution >= 0.6 is 0 Å². The van der Waals surface area contributed by atoms with E-state index in [1.807, 2.05) is 0 Å². The predicted molar refractivity (Wildman–Crippen MR) is 61.4 cm³/mol. The number of hydrogen-bond acceptors (Lipinski definition) is 5. The number of carboxylic acid groups (broad SMARTS) is 1. The van der Waals surface area contributed by atoms with E-state index >= 15 is 0 Å². The first kappa shape index (κ1) is 16.3. The third kappa shape index (κ3) is 11.6. The molecule has 0 aromatic carbocycles. The maximum absolute atomic E-state index is 11.3. The normalized spacial score (nSPS) is 11.6. The summed E-state index contributed by atoms with van der Waals surface area (Å²) in [6.45, 7) is 1.00. The summed E-state index contributed by atoms with van der Waals surface area (Å²) in [6, 6.07) is 0. The topological polar surface area (TPSA) is 102 Å². The van der Waals surface area contributed by atoms with E-state index < -0.39 is 16.0 Å². The zero-order valence-corrected chi connectivity index (χ0v) is 10.7. The van der Waals surface area contributed by atoms with Crippen LogP contribution in [0.4, 0.5) is 0 Å². The van der Waals surface area contributed by atoms with E-state index in [1.165, 1.54) is 7.11 Å². The van der Waals surface area contributed by atoms with E-state index in [0.29, 0.717) is 13.2 Å². The molecule has 0 aromatic rings. The standard InChI is InChI=1S/C9H19NO6S/c1-15-5-6-16-7-8-17(13,14)10-4-2-3-9(11)12/h10H,2-8H2,1H3,(H,11,12). The van der Waals surface area contributed by atoms with Gasteiger partial charge in [-0.1, -0.05) is 0 Å². The summed E-state index contributed by atoms with van der Waals surface area (Å²) in [5.74, 6) is -1.07. The van der Waals surface area contributed by atoms with Gasteiger partial charge in [-0.05, 0) is 6.42 Å². The van der Waals surface area contributed by atoms with Gasteiger partial charge in [-0.2, -0.15) is 0 Å². The smallest absolute Gasteiger partial charge is 0.303 e. The van der Waals surface area contributed by atoms with Gasteiger partial charge < -0.3 is 14.6 Å². The van der Waals surface area contributed by atoms with Gasteiger partial charge in [0.05, 0.1) is 25.6 Å². The molecule has 102 valence electrons. The van der Waals surface area contributed by atoms with Crippen molar-refractivity contribution in [1.82, 2.24) is 4.72 Å². The van der Waals surface area contributed by atoms with E-state index in [0.717, 1.165) is 0 Å². The first-order valence-electron chi connectivity index (χ1n) is 5.24. The number of rotatable bonds is 11. The molecule has 0 aliphatic heterocycles. The maximum atomic E-state index is 11.3. The van der Waals surface area contributed by atoms with Crippen molar-refractivity contribution in [3.05, 3.63) is 0 Å². The van der Waals surface area contributed by atoms with Crippen LogP contribution in [0.25, 0.3) is 0 Å². The summed E-state index contributed by atoms with van der Waals surface area (Å²) in [7, 11) is -1.84. The molecule has 0 fully saturated rings. The van der Waals surface area contributed by atoms with E-state index in [9.17, 15) is 13.2 Å². The van der Waals surface area contributed by atoms with Crippen LogP contribution in [0.1, 0.15) is 12.8 Å². The van der Waals surface area contributed by atoms with Gasteiger partial charge in [0.1, 0.15) is 0 Å². The van der Waals surface area contributed by atoms with Crippen LogP contribution in [-0.4, -0.2) is 58.7 Å². The number of carboxylic acids is 1. The minimum atomic E-state index is -3.38. The molecule has 7 nitrogen and oxygen atoms in total. The molecule has 0 saturated carbocycles. The average Bonchev–Trinajstić information content (AvgIpc) is 2.24. The Balaban J connectivity index is 3.55. The zero-order valence-electron chi connectivity index (χ0n) is 9.85. The molecule has 0 amide bonds. The summed E-state index contributed by atoms with van der Waals surface area (Å²) in [5.41, 5.74) is 0. The molecule has 0 aliphatic carbocycles. The van der Waals surface area contributed by atoms with E-state index in [2.05, 4.69) is 4.72 Å². The molecule has 0 heterocycles. The second-order valence-electron chi connectivity index (χ2n) is 3.32. The molecule has 0 aliphatic rings. The Morgan fingerprint density at radius 2 is 2.00 bits per heavy atom. The van der Waals surface area contributed by atoms with Crippen molar-refractivity contribution in [1.29, 1.82) is 0 Å². The number of hydrogen-bond donors (Lipinski definition) is 2. The van der Waals surface area contributed by atoms with Crippen LogP contribution in [0.2, 0.25) is 0 Å². The van der Waals surface area contributed by atoms with Crippen LogP contribution in [0, 0.1) is 0 Å². The summed E-state index contributed by atoms with van der Waals surface area (Å²) < 4.78 is 34.7. The lowest BCUT2D eigenvalue weighted by molar-refractivity contribution is -0.137. The van der Waals surface area contributed by atoms with Crippen molar-refractivity contribution in [3.8, 4) is 0 Å².